The number of hydrogen-bond donors (Lipinski definition) is 1. The van der Waals surface area contributed by atoms with Crippen LogP contribution in [0.2, 0.25) is 0 Å². The lowest BCUT2D eigenvalue weighted by atomic mass is 10.0. The summed E-state index contributed by atoms with van der Waals surface area (Å²) in [4.78, 5) is 28.6. The van der Waals surface area contributed by atoms with E-state index in [1.54, 1.807) is 17.9 Å². The summed E-state index contributed by atoms with van der Waals surface area (Å²) >= 11 is 0. The maximum atomic E-state index is 13.0. The van der Waals surface area contributed by atoms with E-state index in [2.05, 4.69) is 10.1 Å². The van der Waals surface area contributed by atoms with Gasteiger partial charge < -0.3 is 15.2 Å². The van der Waals surface area contributed by atoms with Crippen LogP contribution in [0.1, 0.15) is 28.2 Å². The Labute approximate surface area is 145 Å². The van der Waals surface area contributed by atoms with E-state index >= 15 is 0 Å². The van der Waals surface area contributed by atoms with Gasteiger partial charge in [0, 0.05) is 37.4 Å². The molecule has 4 rings (SSSR count). The van der Waals surface area contributed by atoms with E-state index in [9.17, 15) is 9.59 Å². The molecule has 2 aliphatic heterocycles. The van der Waals surface area contributed by atoms with Crippen LogP contribution in [-0.4, -0.2) is 41.0 Å². The first kappa shape index (κ1) is 15.8. The van der Waals surface area contributed by atoms with E-state index in [-0.39, 0.29) is 23.8 Å². The summed E-state index contributed by atoms with van der Waals surface area (Å²) < 4.78 is 5.06. The minimum absolute atomic E-state index is 0.0989. The molecule has 7 heteroatoms. The van der Waals surface area contributed by atoms with Crippen LogP contribution in [0.25, 0.3) is 0 Å². The molecule has 2 N–H and O–H groups in total. The molecule has 0 radical (unpaired) electrons. The number of nitrogens with zero attached hydrogens (tertiary/aromatic N) is 3. The Hall–Kier alpha value is -2.67. The van der Waals surface area contributed by atoms with Crippen molar-refractivity contribution >= 4 is 17.5 Å². The highest BCUT2D eigenvalue weighted by molar-refractivity contribution is 6.05. The van der Waals surface area contributed by atoms with Crippen molar-refractivity contribution in [1.82, 2.24) is 10.1 Å². The molecule has 130 valence electrons. The third-order valence-electron chi connectivity index (χ3n) is 5.07. The fourth-order valence-corrected chi connectivity index (χ4v) is 3.81. The van der Waals surface area contributed by atoms with Crippen molar-refractivity contribution in [2.75, 3.05) is 18.0 Å². The molecule has 1 saturated heterocycles. The van der Waals surface area contributed by atoms with Crippen LogP contribution in [0.3, 0.4) is 0 Å². The third-order valence-corrected chi connectivity index (χ3v) is 5.07. The lowest BCUT2D eigenvalue weighted by molar-refractivity contribution is -0.121. The molecule has 2 atom stereocenters. The second-order valence-corrected chi connectivity index (χ2v) is 6.79. The summed E-state index contributed by atoms with van der Waals surface area (Å²) in [6.07, 6.45) is 0.672. The molecule has 2 aromatic rings. The molecule has 1 aromatic carbocycles. The average Bonchev–Trinajstić information content (AvgIpc) is 3.16. The van der Waals surface area contributed by atoms with Gasteiger partial charge in [-0.1, -0.05) is 23.4 Å². The van der Waals surface area contributed by atoms with Crippen LogP contribution < -0.4 is 10.6 Å². The van der Waals surface area contributed by atoms with Gasteiger partial charge in [-0.3, -0.25) is 14.5 Å². The van der Waals surface area contributed by atoms with Crippen LogP contribution in [0.4, 0.5) is 5.69 Å². The van der Waals surface area contributed by atoms with Gasteiger partial charge in [0.25, 0.3) is 5.91 Å². The number of carbonyl (C=O) groups is 2. The first-order valence-corrected chi connectivity index (χ1v) is 8.39. The zero-order chi connectivity index (χ0) is 17.6. The molecule has 25 heavy (non-hydrogen) atoms. The molecule has 2 aliphatic rings. The smallest absolute Gasteiger partial charge is 0.280 e. The summed E-state index contributed by atoms with van der Waals surface area (Å²) in [6.45, 7) is 3.60. The number of nitrogens with two attached hydrogens (primary N) is 1. The normalized spacial score (nSPS) is 23.0. The first-order chi connectivity index (χ1) is 12.0. The highest BCUT2D eigenvalue weighted by Gasteiger charge is 2.40. The number of benzene rings is 1. The highest BCUT2D eigenvalue weighted by Crippen LogP contribution is 2.34. The van der Waals surface area contributed by atoms with Crippen molar-refractivity contribution in [2.45, 2.75) is 25.9 Å². The van der Waals surface area contributed by atoms with Gasteiger partial charge in [-0.05, 0) is 25.0 Å². The molecule has 3 heterocycles. The fourth-order valence-electron chi connectivity index (χ4n) is 3.81. The molecule has 0 unspecified atom stereocenters. The van der Waals surface area contributed by atoms with Crippen LogP contribution in [0.15, 0.2) is 34.9 Å². The zero-order valence-corrected chi connectivity index (χ0v) is 14.0. The van der Waals surface area contributed by atoms with E-state index in [4.69, 9.17) is 10.3 Å². The SMILES string of the molecule is Cc1cc(C(=O)N2C[C@@H]3C[C@@H](C(N)=O)CN3Cc3ccccc32)no1. The minimum Gasteiger partial charge on any atom is -0.369 e. The number of amides is 2. The quantitative estimate of drug-likeness (QED) is 0.890. The second-order valence-electron chi connectivity index (χ2n) is 6.79. The van der Waals surface area contributed by atoms with Crippen molar-refractivity contribution in [2.24, 2.45) is 11.7 Å². The van der Waals surface area contributed by atoms with Crippen molar-refractivity contribution in [3.05, 3.63) is 47.3 Å². The summed E-state index contributed by atoms with van der Waals surface area (Å²) in [5.74, 6) is -0.0238. The first-order valence-electron chi connectivity index (χ1n) is 8.39. The number of primary amides is 1. The van der Waals surface area contributed by atoms with Gasteiger partial charge in [0.05, 0.1) is 5.92 Å². The number of carbonyl (C=O) groups excluding carboxylic acids is 2. The van der Waals surface area contributed by atoms with Crippen molar-refractivity contribution in [3.8, 4) is 0 Å². The van der Waals surface area contributed by atoms with Gasteiger partial charge in [0.1, 0.15) is 5.76 Å². The van der Waals surface area contributed by atoms with E-state index in [0.29, 0.717) is 37.5 Å². The average molecular weight is 340 g/mol. The lowest BCUT2D eigenvalue weighted by Gasteiger charge is -2.25. The Balaban J connectivity index is 1.70. The largest absolute Gasteiger partial charge is 0.369 e. The third kappa shape index (κ3) is 2.80. The molecule has 1 aromatic heterocycles. The van der Waals surface area contributed by atoms with E-state index in [1.165, 1.54) is 0 Å². The number of aryl methyl sites for hydroxylation is 1. The Morgan fingerprint density at radius 2 is 2.08 bits per heavy atom. The van der Waals surface area contributed by atoms with Crippen LogP contribution in [-0.2, 0) is 11.3 Å². The molecular weight excluding hydrogens is 320 g/mol. The Bertz CT molecular complexity index is 831. The van der Waals surface area contributed by atoms with Gasteiger partial charge in [0.15, 0.2) is 5.69 Å². The van der Waals surface area contributed by atoms with E-state index in [0.717, 1.165) is 11.3 Å². The monoisotopic (exact) mass is 340 g/mol. The Kier molecular flexibility index (Phi) is 3.80. The molecular formula is C18H20N4O3. The van der Waals surface area contributed by atoms with Gasteiger partial charge in [-0.2, -0.15) is 0 Å². The van der Waals surface area contributed by atoms with Crippen LogP contribution >= 0.6 is 0 Å². The van der Waals surface area contributed by atoms with E-state index in [1.807, 2.05) is 24.3 Å². The maximum Gasteiger partial charge on any atom is 0.280 e. The van der Waals surface area contributed by atoms with Crippen molar-refractivity contribution in [3.63, 3.8) is 0 Å². The van der Waals surface area contributed by atoms with Crippen molar-refractivity contribution in [1.29, 1.82) is 0 Å². The Morgan fingerprint density at radius 1 is 1.28 bits per heavy atom. The van der Waals surface area contributed by atoms with Crippen LogP contribution in [0, 0.1) is 12.8 Å². The summed E-state index contributed by atoms with van der Waals surface area (Å²) in [5.41, 5.74) is 7.75. The molecule has 2 amide bonds. The van der Waals surface area contributed by atoms with Gasteiger partial charge in [0.2, 0.25) is 5.91 Å². The molecule has 7 nitrogen and oxygen atoms in total. The predicted molar refractivity (Wildman–Crippen MR) is 90.9 cm³/mol. The number of fused-ring (bicyclic) bond motifs is 2. The number of anilines is 1. The number of aromatic nitrogens is 1. The predicted octanol–water partition coefficient (Wildman–Crippen LogP) is 1.32. The Morgan fingerprint density at radius 3 is 2.80 bits per heavy atom. The molecule has 0 spiro atoms. The summed E-state index contributed by atoms with van der Waals surface area (Å²) in [6, 6.07) is 9.60. The summed E-state index contributed by atoms with van der Waals surface area (Å²) in [5, 5.41) is 3.87. The van der Waals surface area contributed by atoms with E-state index < -0.39 is 0 Å². The fraction of sp³-hybridized carbons (Fsp3) is 0.389. The number of para-hydroxylation sites is 1. The number of rotatable bonds is 2. The van der Waals surface area contributed by atoms with Crippen molar-refractivity contribution < 1.29 is 14.1 Å². The number of hydrogen-bond acceptors (Lipinski definition) is 5. The lowest BCUT2D eigenvalue weighted by Crippen LogP contribution is -2.40. The highest BCUT2D eigenvalue weighted by atomic mass is 16.5. The minimum atomic E-state index is -0.272. The molecule has 0 aliphatic carbocycles. The maximum absolute atomic E-state index is 13.0. The summed E-state index contributed by atoms with van der Waals surface area (Å²) in [7, 11) is 0. The topological polar surface area (TPSA) is 92.7 Å². The zero-order valence-electron chi connectivity index (χ0n) is 14.0. The van der Waals surface area contributed by atoms with Gasteiger partial charge >= 0.3 is 0 Å². The van der Waals surface area contributed by atoms with Crippen LogP contribution in [0.5, 0.6) is 0 Å². The molecule has 0 bridgehead atoms. The molecule has 0 saturated carbocycles. The standard InChI is InChI=1S/C18H20N4O3/c1-11-6-15(20-25-11)18(24)22-10-14-7-13(17(19)23)9-21(14)8-12-4-2-3-5-16(12)22/h2-6,13-14H,7-10H2,1H3,(H2,19,23)/t13-,14+/m1/s1. The van der Waals surface area contributed by atoms with Gasteiger partial charge in [-0.25, -0.2) is 0 Å². The van der Waals surface area contributed by atoms with Gasteiger partial charge in [-0.15, -0.1) is 0 Å². The molecule has 1 fully saturated rings. The second kappa shape index (κ2) is 6.00.